The standard InChI is InChI=1S/C20H22N4O3S/c1-4-11-24-19(15-8-5-6-9-17(15)26-3)22-23-20(24)28-13-18(25)21-14(2)16-10-7-12-27-16/h4-10,12,14H,1,11,13H2,2-3H3,(H,21,25)/t14-/m0/s1. The normalized spacial score (nSPS) is 11.8. The summed E-state index contributed by atoms with van der Waals surface area (Å²) in [4.78, 5) is 12.3. The van der Waals surface area contributed by atoms with Crippen LogP contribution in [0.3, 0.4) is 0 Å². The van der Waals surface area contributed by atoms with Gasteiger partial charge in [0.05, 0.1) is 30.7 Å². The molecule has 8 heteroatoms. The second kappa shape index (κ2) is 9.27. The van der Waals surface area contributed by atoms with Crippen molar-refractivity contribution in [3.8, 4) is 17.1 Å². The van der Waals surface area contributed by atoms with Crippen molar-refractivity contribution in [3.63, 3.8) is 0 Å². The highest BCUT2D eigenvalue weighted by Crippen LogP contribution is 2.30. The first-order chi connectivity index (χ1) is 13.6. The van der Waals surface area contributed by atoms with E-state index in [4.69, 9.17) is 9.15 Å². The second-order valence-corrected chi connectivity index (χ2v) is 6.94. The molecule has 0 spiro atoms. The van der Waals surface area contributed by atoms with Gasteiger partial charge < -0.3 is 14.5 Å². The Morgan fingerprint density at radius 2 is 2.18 bits per heavy atom. The number of thioether (sulfide) groups is 1. The van der Waals surface area contributed by atoms with Crippen LogP contribution in [0.15, 0.2) is 64.9 Å². The number of aromatic nitrogens is 3. The Labute approximate surface area is 167 Å². The summed E-state index contributed by atoms with van der Waals surface area (Å²) < 4.78 is 12.7. The third-order valence-electron chi connectivity index (χ3n) is 4.06. The summed E-state index contributed by atoms with van der Waals surface area (Å²) in [6.07, 6.45) is 3.36. The summed E-state index contributed by atoms with van der Waals surface area (Å²) >= 11 is 1.32. The van der Waals surface area contributed by atoms with E-state index in [0.29, 0.717) is 29.0 Å². The quantitative estimate of drug-likeness (QED) is 0.437. The van der Waals surface area contributed by atoms with Crippen LogP contribution in [0, 0.1) is 0 Å². The van der Waals surface area contributed by atoms with Crippen molar-refractivity contribution in [1.82, 2.24) is 20.1 Å². The van der Waals surface area contributed by atoms with Crippen LogP contribution < -0.4 is 10.1 Å². The van der Waals surface area contributed by atoms with Crippen LogP contribution in [0.1, 0.15) is 18.7 Å². The molecule has 0 fully saturated rings. The van der Waals surface area contributed by atoms with Gasteiger partial charge in [0.25, 0.3) is 0 Å². The highest BCUT2D eigenvalue weighted by molar-refractivity contribution is 7.99. The molecule has 0 saturated carbocycles. The average Bonchev–Trinajstić information content (AvgIpc) is 3.37. The van der Waals surface area contributed by atoms with E-state index in [1.165, 1.54) is 11.8 Å². The first-order valence-corrected chi connectivity index (χ1v) is 9.75. The Balaban J connectivity index is 1.73. The van der Waals surface area contributed by atoms with Gasteiger partial charge in [0.1, 0.15) is 11.5 Å². The molecule has 0 unspecified atom stereocenters. The minimum absolute atomic E-state index is 0.110. The molecule has 3 aromatic rings. The van der Waals surface area contributed by atoms with Crippen molar-refractivity contribution < 1.29 is 13.9 Å². The van der Waals surface area contributed by atoms with Crippen molar-refractivity contribution in [2.75, 3.05) is 12.9 Å². The maximum absolute atomic E-state index is 12.3. The van der Waals surface area contributed by atoms with Gasteiger partial charge in [-0.05, 0) is 31.2 Å². The molecule has 0 aliphatic carbocycles. The number of hydrogen-bond acceptors (Lipinski definition) is 6. The van der Waals surface area contributed by atoms with E-state index in [9.17, 15) is 4.79 Å². The van der Waals surface area contributed by atoms with Crippen molar-refractivity contribution in [2.24, 2.45) is 0 Å². The molecular weight excluding hydrogens is 376 g/mol. The Hall–Kier alpha value is -3.00. The fourth-order valence-electron chi connectivity index (χ4n) is 2.74. The average molecular weight is 398 g/mol. The topological polar surface area (TPSA) is 82.2 Å². The largest absolute Gasteiger partial charge is 0.496 e. The molecule has 1 N–H and O–H groups in total. The van der Waals surface area contributed by atoms with Gasteiger partial charge in [0.15, 0.2) is 11.0 Å². The summed E-state index contributed by atoms with van der Waals surface area (Å²) in [7, 11) is 1.62. The number of carbonyl (C=O) groups is 1. The molecule has 0 bridgehead atoms. The maximum Gasteiger partial charge on any atom is 0.231 e. The SMILES string of the molecule is C=CCn1c(SCC(=O)N[C@@H](C)c2ccco2)nnc1-c1ccccc1OC. The lowest BCUT2D eigenvalue weighted by atomic mass is 10.2. The first-order valence-electron chi connectivity index (χ1n) is 8.77. The zero-order chi connectivity index (χ0) is 19.9. The van der Waals surface area contributed by atoms with E-state index in [1.807, 2.05) is 41.8 Å². The number of furan rings is 1. The lowest BCUT2D eigenvalue weighted by molar-refractivity contribution is -0.119. The van der Waals surface area contributed by atoms with Crippen LogP contribution in [0.5, 0.6) is 5.75 Å². The van der Waals surface area contributed by atoms with Gasteiger partial charge >= 0.3 is 0 Å². The number of para-hydroxylation sites is 1. The molecule has 28 heavy (non-hydrogen) atoms. The smallest absolute Gasteiger partial charge is 0.231 e. The van der Waals surface area contributed by atoms with Gasteiger partial charge in [0, 0.05) is 6.54 Å². The van der Waals surface area contributed by atoms with E-state index in [-0.39, 0.29) is 17.7 Å². The van der Waals surface area contributed by atoms with Gasteiger partial charge in [-0.15, -0.1) is 16.8 Å². The lowest BCUT2D eigenvalue weighted by Gasteiger charge is -2.12. The molecule has 0 radical (unpaired) electrons. The van der Waals surface area contributed by atoms with Gasteiger partial charge in [-0.2, -0.15) is 0 Å². The van der Waals surface area contributed by atoms with Crippen molar-refractivity contribution in [1.29, 1.82) is 0 Å². The van der Waals surface area contributed by atoms with E-state index in [1.54, 1.807) is 25.5 Å². The number of amides is 1. The number of ether oxygens (including phenoxy) is 1. The van der Waals surface area contributed by atoms with Crippen molar-refractivity contribution in [2.45, 2.75) is 24.7 Å². The predicted molar refractivity (Wildman–Crippen MR) is 108 cm³/mol. The van der Waals surface area contributed by atoms with Crippen LogP contribution in [0.25, 0.3) is 11.4 Å². The fourth-order valence-corrected chi connectivity index (χ4v) is 3.50. The summed E-state index contributed by atoms with van der Waals surface area (Å²) in [6.45, 7) is 6.21. The van der Waals surface area contributed by atoms with Crippen LogP contribution in [-0.4, -0.2) is 33.5 Å². The molecular formula is C20H22N4O3S. The third-order valence-corrected chi connectivity index (χ3v) is 5.02. The Morgan fingerprint density at radius 1 is 1.36 bits per heavy atom. The number of carbonyl (C=O) groups excluding carboxylic acids is 1. The molecule has 0 saturated heterocycles. The summed E-state index contributed by atoms with van der Waals surface area (Å²) in [5.74, 6) is 2.20. The van der Waals surface area contributed by atoms with Crippen LogP contribution >= 0.6 is 11.8 Å². The summed E-state index contributed by atoms with van der Waals surface area (Å²) in [5, 5.41) is 12.1. The number of nitrogens with zero attached hydrogens (tertiary/aromatic N) is 3. The second-order valence-electron chi connectivity index (χ2n) is 6.00. The van der Waals surface area contributed by atoms with Crippen molar-refractivity contribution in [3.05, 3.63) is 61.1 Å². The molecule has 146 valence electrons. The van der Waals surface area contributed by atoms with Gasteiger partial charge in [-0.1, -0.05) is 30.0 Å². The zero-order valence-corrected chi connectivity index (χ0v) is 16.6. The van der Waals surface area contributed by atoms with Gasteiger partial charge in [-0.3, -0.25) is 9.36 Å². The number of rotatable bonds is 9. The Bertz CT molecular complexity index is 937. The molecule has 0 aliphatic rings. The fraction of sp³-hybridized carbons (Fsp3) is 0.250. The number of methoxy groups -OCH3 is 1. The molecule has 0 aliphatic heterocycles. The molecule has 2 heterocycles. The monoisotopic (exact) mass is 398 g/mol. The zero-order valence-electron chi connectivity index (χ0n) is 15.8. The number of nitrogens with one attached hydrogen (secondary N) is 1. The van der Waals surface area contributed by atoms with E-state index in [0.717, 1.165) is 5.56 Å². The minimum Gasteiger partial charge on any atom is -0.496 e. The van der Waals surface area contributed by atoms with Gasteiger partial charge in [-0.25, -0.2) is 0 Å². The Kier molecular flexibility index (Phi) is 6.54. The maximum atomic E-state index is 12.3. The Morgan fingerprint density at radius 3 is 2.89 bits per heavy atom. The number of benzene rings is 1. The van der Waals surface area contributed by atoms with Crippen molar-refractivity contribution >= 4 is 17.7 Å². The highest BCUT2D eigenvalue weighted by atomic mass is 32.2. The summed E-state index contributed by atoms with van der Waals surface area (Å²) in [6, 6.07) is 11.0. The highest BCUT2D eigenvalue weighted by Gasteiger charge is 2.18. The summed E-state index contributed by atoms with van der Waals surface area (Å²) in [5.41, 5.74) is 0.835. The first kappa shape index (κ1) is 19.8. The lowest BCUT2D eigenvalue weighted by Crippen LogP contribution is -2.28. The number of allylic oxidation sites excluding steroid dienone is 1. The molecule has 1 atom stereocenters. The third kappa shape index (κ3) is 4.45. The molecule has 1 aromatic carbocycles. The molecule has 1 amide bonds. The minimum atomic E-state index is -0.196. The van der Waals surface area contributed by atoms with Gasteiger partial charge in [0.2, 0.25) is 5.91 Å². The van der Waals surface area contributed by atoms with E-state index < -0.39 is 0 Å². The number of hydrogen-bond donors (Lipinski definition) is 1. The molecule has 3 rings (SSSR count). The van der Waals surface area contributed by atoms with Crippen LogP contribution in [0.2, 0.25) is 0 Å². The van der Waals surface area contributed by atoms with Crippen LogP contribution in [-0.2, 0) is 11.3 Å². The molecule has 7 nitrogen and oxygen atoms in total. The van der Waals surface area contributed by atoms with Crippen LogP contribution in [0.4, 0.5) is 0 Å². The molecule has 2 aromatic heterocycles. The van der Waals surface area contributed by atoms with E-state index in [2.05, 4.69) is 22.1 Å². The predicted octanol–water partition coefficient (Wildman–Crippen LogP) is 3.70. The van der Waals surface area contributed by atoms with E-state index >= 15 is 0 Å².